The maximum Gasteiger partial charge on any atom is 0.305 e. The van der Waals surface area contributed by atoms with Crippen molar-refractivity contribution in [1.82, 2.24) is 0 Å². The Morgan fingerprint density at radius 1 is 1.32 bits per heavy atom. The summed E-state index contributed by atoms with van der Waals surface area (Å²) in [5.74, 6) is 5.76. The predicted octanol–water partition coefficient (Wildman–Crippen LogP) is 3.22. The largest absolute Gasteiger partial charge is 0.469 e. The molecule has 0 aromatic heterocycles. The summed E-state index contributed by atoms with van der Waals surface area (Å²) < 4.78 is 4.57. The van der Waals surface area contributed by atoms with Crippen molar-refractivity contribution in [2.45, 2.75) is 64.4 Å². The van der Waals surface area contributed by atoms with Gasteiger partial charge in [-0.1, -0.05) is 38.0 Å². The van der Waals surface area contributed by atoms with Gasteiger partial charge in [0, 0.05) is 12.8 Å². The van der Waals surface area contributed by atoms with Gasteiger partial charge in [-0.25, -0.2) is 0 Å². The third-order valence-corrected chi connectivity index (χ3v) is 2.74. The molecule has 19 heavy (non-hydrogen) atoms. The van der Waals surface area contributed by atoms with Crippen molar-refractivity contribution in [2.75, 3.05) is 7.11 Å². The van der Waals surface area contributed by atoms with Crippen molar-refractivity contribution in [3.63, 3.8) is 0 Å². The number of hydrogen-bond donors (Lipinski definition) is 1. The highest BCUT2D eigenvalue weighted by Gasteiger charge is 2.01. The van der Waals surface area contributed by atoms with Crippen molar-refractivity contribution in [2.24, 2.45) is 0 Å². The van der Waals surface area contributed by atoms with Gasteiger partial charge in [-0.3, -0.25) is 4.79 Å². The van der Waals surface area contributed by atoms with Crippen LogP contribution in [-0.4, -0.2) is 24.3 Å². The molecule has 0 amide bonds. The molecule has 0 rings (SSSR count). The molecule has 0 aliphatic carbocycles. The Hall–Kier alpha value is -1.27. The minimum atomic E-state index is -0.406. The number of rotatable bonds is 9. The van der Waals surface area contributed by atoms with Crippen LogP contribution in [0.15, 0.2) is 12.2 Å². The third-order valence-electron chi connectivity index (χ3n) is 2.74. The summed E-state index contributed by atoms with van der Waals surface area (Å²) in [6.07, 6.45) is 10.2. The van der Waals surface area contributed by atoms with Crippen LogP contribution in [-0.2, 0) is 9.53 Å². The number of allylic oxidation sites excluding steroid dienone is 1. The third kappa shape index (κ3) is 13.0. The van der Waals surface area contributed by atoms with Gasteiger partial charge in [-0.05, 0) is 31.4 Å². The molecule has 0 aliphatic heterocycles. The molecular formula is C16H26O3. The summed E-state index contributed by atoms with van der Waals surface area (Å²) in [5, 5.41) is 9.66. The Kier molecular flexibility index (Phi) is 12.3. The van der Waals surface area contributed by atoms with E-state index in [1.165, 1.54) is 7.11 Å². The van der Waals surface area contributed by atoms with Gasteiger partial charge in [0.25, 0.3) is 0 Å². The number of carbonyl (C=O) groups excluding carboxylic acids is 1. The van der Waals surface area contributed by atoms with E-state index in [1.807, 2.05) is 0 Å². The molecule has 0 aliphatic rings. The molecule has 0 heterocycles. The number of unbranched alkanes of at least 4 members (excludes halogenated alkanes) is 4. The monoisotopic (exact) mass is 266 g/mol. The zero-order valence-corrected chi connectivity index (χ0v) is 12.2. The molecule has 0 aromatic carbocycles. The molecule has 0 bridgehead atoms. The molecule has 1 atom stereocenters. The highest BCUT2D eigenvalue weighted by molar-refractivity contribution is 5.68. The zero-order valence-electron chi connectivity index (χ0n) is 12.2. The summed E-state index contributed by atoms with van der Waals surface area (Å²) in [6, 6.07) is 0. The van der Waals surface area contributed by atoms with E-state index in [1.54, 1.807) is 12.2 Å². The van der Waals surface area contributed by atoms with Gasteiger partial charge in [0.1, 0.15) is 0 Å². The molecule has 108 valence electrons. The first-order chi connectivity index (χ1) is 9.20. The molecule has 1 unspecified atom stereocenters. The van der Waals surface area contributed by atoms with Crippen LogP contribution in [0.5, 0.6) is 0 Å². The average molecular weight is 266 g/mol. The van der Waals surface area contributed by atoms with Gasteiger partial charge in [-0.2, -0.15) is 0 Å². The number of ether oxygens (including phenoxy) is 1. The lowest BCUT2D eigenvalue weighted by Gasteiger charge is -2.04. The zero-order chi connectivity index (χ0) is 14.3. The number of hydrogen-bond acceptors (Lipinski definition) is 3. The quantitative estimate of drug-likeness (QED) is 0.396. The second kappa shape index (κ2) is 13.2. The van der Waals surface area contributed by atoms with E-state index < -0.39 is 6.10 Å². The molecule has 0 fully saturated rings. The highest BCUT2D eigenvalue weighted by Crippen LogP contribution is 2.08. The number of carbonyl (C=O) groups is 1. The van der Waals surface area contributed by atoms with Crippen LogP contribution < -0.4 is 0 Å². The number of aliphatic hydroxyl groups excluding tert-OH is 1. The first-order valence-electron chi connectivity index (χ1n) is 7.10. The molecule has 0 saturated heterocycles. The molecule has 3 heteroatoms. The first-order valence-corrected chi connectivity index (χ1v) is 7.10. The SMILES string of the molecule is CCCC#CC=CC(O)CCCCCCC(=O)OC. The Balaban J connectivity index is 3.46. The van der Waals surface area contributed by atoms with Crippen LogP contribution >= 0.6 is 0 Å². The summed E-state index contributed by atoms with van der Waals surface area (Å²) in [7, 11) is 1.41. The van der Waals surface area contributed by atoms with Gasteiger partial charge >= 0.3 is 5.97 Å². The molecule has 1 N–H and O–H groups in total. The summed E-state index contributed by atoms with van der Waals surface area (Å²) in [4.78, 5) is 10.9. The number of esters is 1. The average Bonchev–Trinajstić information content (AvgIpc) is 2.42. The second-order valence-corrected chi connectivity index (χ2v) is 4.53. The van der Waals surface area contributed by atoms with Crippen molar-refractivity contribution < 1.29 is 14.6 Å². The minimum Gasteiger partial charge on any atom is -0.469 e. The fourth-order valence-electron chi connectivity index (χ4n) is 1.59. The van der Waals surface area contributed by atoms with Gasteiger partial charge in [0.15, 0.2) is 0 Å². The van der Waals surface area contributed by atoms with Crippen LogP contribution in [0.25, 0.3) is 0 Å². The van der Waals surface area contributed by atoms with Gasteiger partial charge in [0.2, 0.25) is 0 Å². The van der Waals surface area contributed by atoms with Crippen LogP contribution in [0.2, 0.25) is 0 Å². The molecule has 0 aromatic rings. The number of aliphatic hydroxyl groups is 1. The smallest absolute Gasteiger partial charge is 0.305 e. The Morgan fingerprint density at radius 2 is 2.05 bits per heavy atom. The van der Waals surface area contributed by atoms with E-state index in [9.17, 15) is 9.90 Å². The first kappa shape index (κ1) is 17.7. The van der Waals surface area contributed by atoms with Crippen molar-refractivity contribution >= 4 is 5.97 Å². The van der Waals surface area contributed by atoms with E-state index in [2.05, 4.69) is 23.5 Å². The summed E-state index contributed by atoms with van der Waals surface area (Å²) in [6.45, 7) is 2.09. The van der Waals surface area contributed by atoms with Crippen LogP contribution in [0.3, 0.4) is 0 Å². The maximum atomic E-state index is 10.9. The lowest BCUT2D eigenvalue weighted by Crippen LogP contribution is -2.02. The standard InChI is InChI=1S/C16H26O3/c1-3-4-5-6-9-12-15(17)13-10-7-8-11-14-16(18)19-2/h9,12,15,17H,3-4,7-8,10-11,13-14H2,1-2H3. The van der Waals surface area contributed by atoms with E-state index in [4.69, 9.17) is 0 Å². The lowest BCUT2D eigenvalue weighted by atomic mass is 10.1. The topological polar surface area (TPSA) is 46.5 Å². The lowest BCUT2D eigenvalue weighted by molar-refractivity contribution is -0.140. The van der Waals surface area contributed by atoms with Crippen molar-refractivity contribution in [3.8, 4) is 11.8 Å². The molecular weight excluding hydrogens is 240 g/mol. The fraction of sp³-hybridized carbons (Fsp3) is 0.688. The highest BCUT2D eigenvalue weighted by atomic mass is 16.5. The van der Waals surface area contributed by atoms with Crippen LogP contribution in [0.4, 0.5) is 0 Å². The van der Waals surface area contributed by atoms with Crippen LogP contribution in [0, 0.1) is 11.8 Å². The Bertz CT molecular complexity index is 310. The van der Waals surface area contributed by atoms with Crippen molar-refractivity contribution in [3.05, 3.63) is 12.2 Å². The normalized spacial score (nSPS) is 11.9. The molecule has 3 nitrogen and oxygen atoms in total. The Morgan fingerprint density at radius 3 is 2.74 bits per heavy atom. The fourth-order valence-corrected chi connectivity index (χ4v) is 1.59. The summed E-state index contributed by atoms with van der Waals surface area (Å²) >= 11 is 0. The van der Waals surface area contributed by atoms with E-state index in [-0.39, 0.29) is 5.97 Å². The van der Waals surface area contributed by atoms with Crippen molar-refractivity contribution in [1.29, 1.82) is 0 Å². The second-order valence-electron chi connectivity index (χ2n) is 4.53. The number of methoxy groups -OCH3 is 1. The maximum absolute atomic E-state index is 10.9. The predicted molar refractivity (Wildman–Crippen MR) is 77.5 cm³/mol. The van der Waals surface area contributed by atoms with Crippen LogP contribution in [0.1, 0.15) is 58.3 Å². The molecule has 0 radical (unpaired) electrons. The van der Waals surface area contributed by atoms with E-state index >= 15 is 0 Å². The summed E-state index contributed by atoms with van der Waals surface area (Å²) in [5.41, 5.74) is 0. The van der Waals surface area contributed by atoms with Gasteiger partial charge in [-0.15, -0.1) is 0 Å². The van der Waals surface area contributed by atoms with E-state index in [0.717, 1.165) is 44.9 Å². The van der Waals surface area contributed by atoms with E-state index in [0.29, 0.717) is 6.42 Å². The minimum absolute atomic E-state index is 0.145. The Labute approximate surface area is 117 Å². The molecule has 0 saturated carbocycles. The van der Waals surface area contributed by atoms with Gasteiger partial charge in [0.05, 0.1) is 13.2 Å². The van der Waals surface area contributed by atoms with Gasteiger partial charge < -0.3 is 9.84 Å². The molecule has 0 spiro atoms.